The van der Waals surface area contributed by atoms with E-state index in [1.54, 1.807) is 18.2 Å². The largest absolute Gasteiger partial charge is 0.478 e. The number of hydrogen-bond donors (Lipinski definition) is 2. The first-order valence-corrected chi connectivity index (χ1v) is 6.68. The van der Waals surface area contributed by atoms with Crippen molar-refractivity contribution in [2.45, 2.75) is 38.9 Å². The van der Waals surface area contributed by atoms with E-state index in [4.69, 9.17) is 15.6 Å². The molecule has 3 N–H and O–H groups in total. The van der Waals surface area contributed by atoms with Crippen molar-refractivity contribution in [1.29, 1.82) is 0 Å². The van der Waals surface area contributed by atoms with Crippen LogP contribution in [0.4, 0.5) is 11.4 Å². The maximum Gasteiger partial charge on any atom is 0.337 e. The number of aromatic carboxylic acids is 1. The zero-order chi connectivity index (χ0) is 15.1. The van der Waals surface area contributed by atoms with Gasteiger partial charge in [0.25, 0.3) is 0 Å². The lowest BCUT2D eigenvalue weighted by Crippen LogP contribution is -2.57. The summed E-state index contributed by atoms with van der Waals surface area (Å²) in [5, 5.41) is 9.02. The van der Waals surface area contributed by atoms with E-state index < -0.39 is 5.97 Å². The number of hydrogen-bond acceptors (Lipinski definition) is 4. The summed E-state index contributed by atoms with van der Waals surface area (Å²) in [5.74, 6) is -1.00. The summed E-state index contributed by atoms with van der Waals surface area (Å²) < 4.78 is 6.04. The van der Waals surface area contributed by atoms with Crippen LogP contribution in [0.1, 0.15) is 38.1 Å². The van der Waals surface area contributed by atoms with Gasteiger partial charge in [-0.05, 0) is 45.9 Å². The molecule has 5 nitrogen and oxygen atoms in total. The average molecular weight is 278 g/mol. The Morgan fingerprint density at radius 2 is 1.80 bits per heavy atom. The lowest BCUT2D eigenvalue weighted by Gasteiger charge is -2.48. The van der Waals surface area contributed by atoms with Crippen LogP contribution in [-0.2, 0) is 4.74 Å². The lowest BCUT2D eigenvalue weighted by molar-refractivity contribution is -0.133. The predicted octanol–water partition coefficient (Wildman–Crippen LogP) is 2.36. The van der Waals surface area contributed by atoms with Crippen LogP contribution in [0.2, 0.25) is 0 Å². The molecule has 0 radical (unpaired) electrons. The van der Waals surface area contributed by atoms with Gasteiger partial charge in [-0.3, -0.25) is 0 Å². The van der Waals surface area contributed by atoms with Crippen LogP contribution in [0, 0.1) is 0 Å². The smallest absolute Gasteiger partial charge is 0.337 e. The highest BCUT2D eigenvalue weighted by Crippen LogP contribution is 2.32. The average Bonchev–Trinajstić information content (AvgIpc) is 2.23. The van der Waals surface area contributed by atoms with Crippen molar-refractivity contribution in [3.8, 4) is 0 Å². The molecule has 1 heterocycles. The highest BCUT2D eigenvalue weighted by molar-refractivity contribution is 5.94. The van der Waals surface area contributed by atoms with Gasteiger partial charge in [-0.1, -0.05) is 0 Å². The highest BCUT2D eigenvalue weighted by atomic mass is 16.5. The number of nitrogens with two attached hydrogens (primary N) is 1. The summed E-state index contributed by atoms with van der Waals surface area (Å²) >= 11 is 0. The van der Waals surface area contributed by atoms with E-state index >= 15 is 0 Å². The molecule has 1 aromatic carbocycles. The number of carboxylic acid groups (broad SMARTS) is 1. The van der Waals surface area contributed by atoms with E-state index in [-0.39, 0.29) is 22.5 Å². The van der Waals surface area contributed by atoms with Crippen LogP contribution in [0.25, 0.3) is 0 Å². The van der Waals surface area contributed by atoms with E-state index in [9.17, 15) is 4.79 Å². The van der Waals surface area contributed by atoms with Crippen molar-refractivity contribution in [3.63, 3.8) is 0 Å². The molecule has 0 spiro atoms. The number of rotatable bonds is 2. The normalized spacial score (nSPS) is 20.7. The molecular formula is C15H22N2O3. The molecule has 1 aromatic rings. The number of carboxylic acids is 1. The van der Waals surface area contributed by atoms with Crippen molar-refractivity contribution >= 4 is 17.3 Å². The number of benzene rings is 1. The van der Waals surface area contributed by atoms with Crippen molar-refractivity contribution in [2.75, 3.05) is 23.7 Å². The SMILES string of the molecule is CC1(C)CN(c2ccc(C(=O)O)c(N)c2)CC(C)(C)O1. The molecule has 0 aliphatic carbocycles. The first kappa shape index (κ1) is 14.7. The van der Waals surface area contributed by atoms with E-state index in [0.717, 1.165) is 18.8 Å². The molecular weight excluding hydrogens is 256 g/mol. The van der Waals surface area contributed by atoms with E-state index in [1.807, 2.05) is 0 Å². The molecule has 1 aliphatic heterocycles. The van der Waals surface area contributed by atoms with Crippen LogP contribution in [-0.4, -0.2) is 35.4 Å². The molecule has 0 aromatic heterocycles. The third-order valence-electron chi connectivity index (χ3n) is 3.33. The fourth-order valence-corrected chi connectivity index (χ4v) is 2.91. The molecule has 1 aliphatic rings. The Morgan fingerprint density at radius 3 is 2.25 bits per heavy atom. The lowest BCUT2D eigenvalue weighted by atomic mass is 9.98. The van der Waals surface area contributed by atoms with Crippen molar-refractivity contribution < 1.29 is 14.6 Å². The molecule has 0 atom stereocenters. The maximum absolute atomic E-state index is 11.0. The summed E-state index contributed by atoms with van der Waals surface area (Å²) in [7, 11) is 0. The Bertz CT molecular complexity index is 522. The van der Waals surface area contributed by atoms with Gasteiger partial charge in [0, 0.05) is 24.5 Å². The Balaban J connectivity index is 2.32. The number of anilines is 2. The Labute approximate surface area is 119 Å². The standard InChI is InChI=1S/C15H22N2O3/c1-14(2)8-17(9-15(3,4)20-14)10-5-6-11(13(18)19)12(16)7-10/h5-7H,8-9,16H2,1-4H3,(H,18,19). The third kappa shape index (κ3) is 3.04. The highest BCUT2D eigenvalue weighted by Gasteiger charge is 2.38. The maximum atomic E-state index is 11.0. The van der Waals surface area contributed by atoms with Crippen LogP contribution in [0.3, 0.4) is 0 Å². The number of ether oxygens (including phenoxy) is 1. The quantitative estimate of drug-likeness (QED) is 0.812. The van der Waals surface area contributed by atoms with Crippen molar-refractivity contribution in [3.05, 3.63) is 23.8 Å². The second-order valence-electron chi connectivity index (χ2n) is 6.55. The zero-order valence-electron chi connectivity index (χ0n) is 12.4. The molecule has 1 saturated heterocycles. The fourth-order valence-electron chi connectivity index (χ4n) is 2.91. The van der Waals surface area contributed by atoms with Gasteiger partial charge in [-0.2, -0.15) is 0 Å². The molecule has 1 fully saturated rings. The van der Waals surface area contributed by atoms with Gasteiger partial charge in [-0.25, -0.2) is 4.79 Å². The Morgan fingerprint density at radius 1 is 1.25 bits per heavy atom. The second kappa shape index (κ2) is 4.66. The van der Waals surface area contributed by atoms with Crippen LogP contribution in [0.15, 0.2) is 18.2 Å². The van der Waals surface area contributed by atoms with Gasteiger partial charge < -0.3 is 20.5 Å². The van der Waals surface area contributed by atoms with Crippen LogP contribution in [0.5, 0.6) is 0 Å². The molecule has 5 heteroatoms. The fraction of sp³-hybridized carbons (Fsp3) is 0.533. The van der Waals surface area contributed by atoms with Gasteiger partial charge in [0.15, 0.2) is 0 Å². The van der Waals surface area contributed by atoms with E-state index in [0.29, 0.717) is 0 Å². The first-order valence-electron chi connectivity index (χ1n) is 6.68. The van der Waals surface area contributed by atoms with Gasteiger partial charge in [-0.15, -0.1) is 0 Å². The van der Waals surface area contributed by atoms with Crippen LogP contribution < -0.4 is 10.6 Å². The minimum atomic E-state index is -1.00. The monoisotopic (exact) mass is 278 g/mol. The van der Waals surface area contributed by atoms with Crippen molar-refractivity contribution in [2.24, 2.45) is 0 Å². The van der Waals surface area contributed by atoms with Crippen LogP contribution >= 0.6 is 0 Å². The second-order valence-corrected chi connectivity index (χ2v) is 6.55. The summed E-state index contributed by atoms with van der Waals surface area (Å²) in [6.07, 6.45) is 0. The third-order valence-corrected chi connectivity index (χ3v) is 3.33. The summed E-state index contributed by atoms with van der Waals surface area (Å²) in [6, 6.07) is 5.08. The Hall–Kier alpha value is -1.75. The summed E-state index contributed by atoms with van der Waals surface area (Å²) in [6.45, 7) is 9.68. The van der Waals surface area contributed by atoms with Gasteiger partial charge in [0.1, 0.15) is 0 Å². The van der Waals surface area contributed by atoms with E-state index in [1.165, 1.54) is 0 Å². The summed E-state index contributed by atoms with van der Waals surface area (Å²) in [4.78, 5) is 13.2. The molecule has 0 unspecified atom stereocenters. The molecule has 20 heavy (non-hydrogen) atoms. The number of carbonyl (C=O) groups is 1. The van der Waals surface area contributed by atoms with Gasteiger partial charge in [0.2, 0.25) is 0 Å². The minimum Gasteiger partial charge on any atom is -0.478 e. The number of morpholine rings is 1. The minimum absolute atomic E-state index is 0.139. The molecule has 110 valence electrons. The number of nitrogens with zero attached hydrogens (tertiary/aromatic N) is 1. The number of nitrogen functional groups attached to an aromatic ring is 1. The molecule has 0 saturated carbocycles. The summed E-state index contributed by atoms with van der Waals surface area (Å²) in [5.41, 5.74) is 6.66. The Kier molecular flexibility index (Phi) is 3.42. The first-order chi connectivity index (χ1) is 9.10. The van der Waals surface area contributed by atoms with Gasteiger partial charge >= 0.3 is 5.97 Å². The van der Waals surface area contributed by atoms with Gasteiger partial charge in [0.05, 0.1) is 16.8 Å². The zero-order valence-corrected chi connectivity index (χ0v) is 12.4. The molecule has 2 rings (SSSR count). The topological polar surface area (TPSA) is 75.8 Å². The molecule has 0 bridgehead atoms. The predicted molar refractivity (Wildman–Crippen MR) is 79.3 cm³/mol. The van der Waals surface area contributed by atoms with E-state index in [2.05, 4.69) is 32.6 Å². The van der Waals surface area contributed by atoms with Crippen molar-refractivity contribution in [1.82, 2.24) is 0 Å². The molecule has 0 amide bonds.